The van der Waals surface area contributed by atoms with E-state index < -0.39 is 10.8 Å². The second kappa shape index (κ2) is 9.48. The number of nitrogens with zero attached hydrogens (tertiary/aromatic N) is 2. The van der Waals surface area contributed by atoms with Crippen LogP contribution in [0.2, 0.25) is 5.02 Å². The number of ether oxygens (including phenoxy) is 1. The lowest BCUT2D eigenvalue weighted by Crippen LogP contribution is -2.17. The van der Waals surface area contributed by atoms with Gasteiger partial charge in [-0.05, 0) is 42.0 Å². The predicted octanol–water partition coefficient (Wildman–Crippen LogP) is 4.59. The molecule has 3 aromatic rings. The summed E-state index contributed by atoms with van der Waals surface area (Å²) in [5.41, 5.74) is 3.97. The van der Waals surface area contributed by atoms with Crippen LogP contribution in [-0.4, -0.2) is 17.0 Å². The lowest BCUT2D eigenvalue weighted by atomic mass is 10.2. The summed E-state index contributed by atoms with van der Waals surface area (Å²) >= 11 is 6.10. The molecule has 0 aliphatic carbocycles. The van der Waals surface area contributed by atoms with Crippen molar-refractivity contribution < 1.29 is 14.5 Å². The fourth-order valence-corrected chi connectivity index (χ4v) is 2.61. The van der Waals surface area contributed by atoms with Crippen LogP contribution < -0.4 is 10.2 Å². The molecule has 1 N–H and O–H groups in total. The van der Waals surface area contributed by atoms with Crippen molar-refractivity contribution in [3.8, 4) is 5.75 Å². The van der Waals surface area contributed by atoms with Crippen molar-refractivity contribution in [3.63, 3.8) is 0 Å². The Morgan fingerprint density at radius 1 is 1.10 bits per heavy atom. The first-order valence-electron chi connectivity index (χ1n) is 8.57. The average Bonchev–Trinajstić information content (AvgIpc) is 2.74. The van der Waals surface area contributed by atoms with Gasteiger partial charge in [0.1, 0.15) is 12.4 Å². The molecular weight excluding hydrogens is 394 g/mol. The Morgan fingerprint density at radius 2 is 1.86 bits per heavy atom. The third-order valence-electron chi connectivity index (χ3n) is 3.93. The predicted molar refractivity (Wildman–Crippen MR) is 110 cm³/mol. The van der Waals surface area contributed by atoms with E-state index in [0.717, 1.165) is 11.1 Å². The number of carbonyl (C=O) groups excluding carboxylic acids is 1. The van der Waals surface area contributed by atoms with Crippen molar-refractivity contribution in [3.05, 3.63) is 105 Å². The topological polar surface area (TPSA) is 93.8 Å². The third kappa shape index (κ3) is 5.63. The van der Waals surface area contributed by atoms with Crippen molar-refractivity contribution in [2.45, 2.75) is 6.61 Å². The molecule has 0 spiro atoms. The van der Waals surface area contributed by atoms with Crippen LogP contribution in [0.4, 0.5) is 5.69 Å². The van der Waals surface area contributed by atoms with Crippen molar-refractivity contribution >= 4 is 29.4 Å². The first-order valence-corrected chi connectivity index (χ1v) is 8.95. The summed E-state index contributed by atoms with van der Waals surface area (Å²) in [4.78, 5) is 22.2. The van der Waals surface area contributed by atoms with Crippen molar-refractivity contribution in [2.75, 3.05) is 0 Å². The number of nitrogens with one attached hydrogen (secondary N) is 1. The minimum absolute atomic E-state index is 0.152. The number of nitro groups is 1. The summed E-state index contributed by atoms with van der Waals surface area (Å²) in [6.45, 7) is 0.354. The Bertz CT molecular complexity index is 1050. The second-order valence-electron chi connectivity index (χ2n) is 5.96. The fraction of sp³-hybridized carbons (Fsp3) is 0.0476. The quantitative estimate of drug-likeness (QED) is 0.351. The van der Waals surface area contributed by atoms with Crippen molar-refractivity contribution in [1.82, 2.24) is 5.43 Å². The summed E-state index contributed by atoms with van der Waals surface area (Å²) in [5.74, 6) is 0.132. The molecule has 0 aliphatic rings. The molecule has 0 aliphatic heterocycles. The van der Waals surface area contributed by atoms with Crippen LogP contribution in [0.1, 0.15) is 21.5 Å². The number of amides is 1. The molecule has 29 heavy (non-hydrogen) atoms. The van der Waals surface area contributed by atoms with Gasteiger partial charge in [0.2, 0.25) is 0 Å². The van der Waals surface area contributed by atoms with Gasteiger partial charge in [-0.2, -0.15) is 5.10 Å². The van der Waals surface area contributed by atoms with E-state index in [-0.39, 0.29) is 11.3 Å². The summed E-state index contributed by atoms with van der Waals surface area (Å²) in [5, 5.41) is 15.3. The van der Waals surface area contributed by atoms with Crippen LogP contribution in [0.25, 0.3) is 0 Å². The van der Waals surface area contributed by atoms with E-state index in [0.29, 0.717) is 17.4 Å². The lowest BCUT2D eigenvalue weighted by molar-refractivity contribution is -0.384. The highest BCUT2D eigenvalue weighted by atomic mass is 35.5. The first-order chi connectivity index (χ1) is 14.0. The third-order valence-corrected chi connectivity index (χ3v) is 4.30. The molecule has 0 heterocycles. The van der Waals surface area contributed by atoms with Crippen LogP contribution >= 0.6 is 11.6 Å². The van der Waals surface area contributed by atoms with Crippen molar-refractivity contribution in [2.24, 2.45) is 5.10 Å². The molecule has 3 rings (SSSR count). The summed E-state index contributed by atoms with van der Waals surface area (Å²) in [7, 11) is 0. The minimum Gasteiger partial charge on any atom is -0.489 e. The molecule has 0 bridgehead atoms. The Balaban J connectivity index is 1.54. The number of carbonyl (C=O) groups is 1. The zero-order chi connectivity index (χ0) is 20.6. The Morgan fingerprint density at radius 3 is 2.59 bits per heavy atom. The molecule has 0 aromatic heterocycles. The van der Waals surface area contributed by atoms with Gasteiger partial charge >= 0.3 is 0 Å². The molecule has 0 unspecified atom stereocenters. The van der Waals surface area contributed by atoms with Gasteiger partial charge in [-0.3, -0.25) is 14.9 Å². The zero-order valence-electron chi connectivity index (χ0n) is 15.1. The SMILES string of the molecule is O=C(N/N=C\c1ccc(OCc2ccccc2Cl)cc1)c1cccc([N+](=O)[O-])c1. The van der Waals surface area contributed by atoms with Gasteiger partial charge in [0, 0.05) is 28.3 Å². The minimum atomic E-state index is -0.560. The number of rotatable bonds is 7. The first kappa shape index (κ1) is 20.0. The van der Waals surface area contributed by atoms with E-state index in [1.165, 1.54) is 30.5 Å². The Kier molecular flexibility index (Phi) is 6.55. The van der Waals surface area contributed by atoms with E-state index in [2.05, 4.69) is 10.5 Å². The summed E-state index contributed by atoms with van der Waals surface area (Å²) < 4.78 is 5.71. The van der Waals surface area contributed by atoms with Crippen molar-refractivity contribution in [1.29, 1.82) is 0 Å². The number of halogens is 1. The van der Waals surface area contributed by atoms with Crippen LogP contribution in [-0.2, 0) is 6.61 Å². The highest BCUT2D eigenvalue weighted by Gasteiger charge is 2.10. The maximum atomic E-state index is 12.0. The van der Waals surface area contributed by atoms with Crippen LogP contribution in [0.15, 0.2) is 77.9 Å². The monoisotopic (exact) mass is 409 g/mol. The maximum absolute atomic E-state index is 12.0. The largest absolute Gasteiger partial charge is 0.489 e. The molecule has 3 aromatic carbocycles. The highest BCUT2D eigenvalue weighted by Crippen LogP contribution is 2.18. The Labute approximate surface area is 171 Å². The van der Waals surface area contributed by atoms with Gasteiger partial charge in [-0.15, -0.1) is 0 Å². The zero-order valence-corrected chi connectivity index (χ0v) is 15.9. The van der Waals surface area contributed by atoms with E-state index in [1.54, 1.807) is 24.3 Å². The smallest absolute Gasteiger partial charge is 0.271 e. The van der Waals surface area contributed by atoms with E-state index in [9.17, 15) is 14.9 Å². The number of nitro benzene ring substituents is 1. The van der Waals surface area contributed by atoms with E-state index in [4.69, 9.17) is 16.3 Å². The lowest BCUT2D eigenvalue weighted by Gasteiger charge is -2.07. The molecular formula is C21H16ClN3O4. The van der Waals surface area contributed by atoms with Crippen LogP contribution in [0.5, 0.6) is 5.75 Å². The average molecular weight is 410 g/mol. The Hall–Kier alpha value is -3.71. The fourth-order valence-electron chi connectivity index (χ4n) is 2.42. The normalized spacial score (nSPS) is 10.7. The van der Waals surface area contributed by atoms with Gasteiger partial charge in [0.25, 0.3) is 11.6 Å². The van der Waals surface area contributed by atoms with E-state index >= 15 is 0 Å². The molecule has 8 heteroatoms. The number of non-ortho nitro benzene ring substituents is 1. The molecule has 146 valence electrons. The number of hydrogen-bond acceptors (Lipinski definition) is 5. The van der Waals surface area contributed by atoms with E-state index in [1.807, 2.05) is 24.3 Å². The van der Waals surface area contributed by atoms with Gasteiger partial charge < -0.3 is 4.74 Å². The molecule has 0 fully saturated rings. The number of hydrogen-bond donors (Lipinski definition) is 1. The highest BCUT2D eigenvalue weighted by molar-refractivity contribution is 6.31. The van der Waals surface area contributed by atoms with Gasteiger partial charge in [0.15, 0.2) is 0 Å². The molecule has 0 saturated carbocycles. The van der Waals surface area contributed by atoms with Gasteiger partial charge in [-0.1, -0.05) is 35.9 Å². The number of benzene rings is 3. The molecule has 0 saturated heterocycles. The van der Waals surface area contributed by atoms with Gasteiger partial charge in [-0.25, -0.2) is 5.43 Å². The van der Waals surface area contributed by atoms with Crippen LogP contribution in [0, 0.1) is 10.1 Å². The second-order valence-corrected chi connectivity index (χ2v) is 6.36. The summed E-state index contributed by atoms with van der Waals surface area (Å²) in [6, 6.07) is 20.0. The molecule has 0 radical (unpaired) electrons. The van der Waals surface area contributed by atoms with Gasteiger partial charge in [0.05, 0.1) is 11.1 Å². The standard InChI is InChI=1S/C21H16ClN3O4/c22-20-7-2-1-4-17(20)14-29-19-10-8-15(9-11-19)13-23-24-21(26)16-5-3-6-18(12-16)25(27)28/h1-13H,14H2,(H,24,26)/b23-13-. The van der Waals surface area contributed by atoms with Crippen LogP contribution in [0.3, 0.4) is 0 Å². The maximum Gasteiger partial charge on any atom is 0.271 e. The number of hydrazone groups is 1. The summed E-state index contributed by atoms with van der Waals surface area (Å²) in [6.07, 6.45) is 1.47. The molecule has 1 amide bonds. The molecule has 7 nitrogen and oxygen atoms in total. The molecule has 0 atom stereocenters.